The zero-order valence-corrected chi connectivity index (χ0v) is 10.8. The molecule has 0 aromatic carbocycles. The lowest BCUT2D eigenvalue weighted by atomic mass is 10.3. The first kappa shape index (κ1) is 12.7. The van der Waals surface area contributed by atoms with Gasteiger partial charge in [0, 0.05) is 11.4 Å². The van der Waals surface area contributed by atoms with Crippen molar-refractivity contribution < 1.29 is 5.11 Å². The van der Waals surface area contributed by atoms with Crippen molar-refractivity contribution in [2.24, 2.45) is 5.84 Å². The Kier molecular flexibility index (Phi) is 4.78. The lowest BCUT2D eigenvalue weighted by Gasteiger charge is -2.14. The Hall–Kier alpha value is -0.370. The molecule has 0 spiro atoms. The van der Waals surface area contributed by atoms with Crippen molar-refractivity contribution in [3.63, 3.8) is 0 Å². The van der Waals surface area contributed by atoms with Crippen LogP contribution in [0.3, 0.4) is 0 Å². The average Bonchev–Trinajstić information content (AvgIpc) is 2.21. The Labute approximate surface area is 101 Å². The van der Waals surface area contributed by atoms with Gasteiger partial charge in [-0.25, -0.2) is 15.8 Å². The topological polar surface area (TPSA) is 84.1 Å². The fourth-order valence-corrected chi connectivity index (χ4v) is 2.10. The van der Waals surface area contributed by atoms with Gasteiger partial charge >= 0.3 is 0 Å². The fraction of sp³-hybridized carbons (Fsp3) is 0.500. The molecule has 0 radical (unpaired) electrons. The van der Waals surface area contributed by atoms with E-state index in [9.17, 15) is 5.11 Å². The van der Waals surface area contributed by atoms with Gasteiger partial charge in [0.15, 0.2) is 0 Å². The highest BCUT2D eigenvalue weighted by Gasteiger charge is 2.14. The number of nitrogens with one attached hydrogen (secondary N) is 1. The molecular weight excluding hydrogens is 280 g/mol. The number of nitrogens with zero attached hydrogens (tertiary/aromatic N) is 2. The van der Waals surface area contributed by atoms with Crippen molar-refractivity contribution in [3.05, 3.63) is 10.7 Å². The fourth-order valence-electron chi connectivity index (χ4n) is 0.778. The average molecular weight is 293 g/mol. The second kappa shape index (κ2) is 5.64. The summed E-state index contributed by atoms with van der Waals surface area (Å²) in [7, 11) is 0. The quantitative estimate of drug-likeness (QED) is 0.337. The summed E-state index contributed by atoms with van der Waals surface area (Å²) in [6.45, 7) is 3.67. The molecule has 15 heavy (non-hydrogen) atoms. The van der Waals surface area contributed by atoms with E-state index >= 15 is 0 Å². The summed E-state index contributed by atoms with van der Waals surface area (Å²) in [6, 6.07) is 0. The molecule has 1 rings (SSSR count). The van der Waals surface area contributed by atoms with Gasteiger partial charge in [-0.05, 0) is 22.9 Å². The molecule has 0 aliphatic rings. The van der Waals surface area contributed by atoms with E-state index in [0.29, 0.717) is 5.95 Å². The lowest BCUT2D eigenvalue weighted by Crippen LogP contribution is -2.16. The van der Waals surface area contributed by atoms with E-state index < -0.39 is 6.10 Å². The van der Waals surface area contributed by atoms with Crippen molar-refractivity contribution in [1.29, 1.82) is 0 Å². The highest BCUT2D eigenvalue weighted by atomic mass is 79.9. The second-order valence-corrected chi connectivity index (χ2v) is 5.27. The minimum atomic E-state index is -0.397. The van der Waals surface area contributed by atoms with Crippen molar-refractivity contribution in [2.75, 3.05) is 5.43 Å². The van der Waals surface area contributed by atoms with Crippen LogP contribution in [0.4, 0.5) is 5.95 Å². The van der Waals surface area contributed by atoms with Crippen molar-refractivity contribution in [3.8, 4) is 0 Å². The maximum atomic E-state index is 9.38. The molecule has 0 saturated heterocycles. The van der Waals surface area contributed by atoms with Gasteiger partial charge in [-0.1, -0.05) is 18.7 Å². The zero-order chi connectivity index (χ0) is 11.4. The molecule has 7 heteroatoms. The van der Waals surface area contributed by atoms with Crippen LogP contribution in [0.1, 0.15) is 13.8 Å². The number of anilines is 1. The maximum Gasteiger partial charge on any atom is 0.238 e. The number of hydrogen-bond acceptors (Lipinski definition) is 6. The SMILES string of the molecule is CC(O)C(C)Sc1nc(NN)ncc1Br. The van der Waals surface area contributed by atoms with Crippen molar-refractivity contribution in [2.45, 2.75) is 30.2 Å². The summed E-state index contributed by atoms with van der Waals surface area (Å²) in [5.41, 5.74) is 2.38. The molecule has 2 unspecified atom stereocenters. The van der Waals surface area contributed by atoms with Gasteiger partial charge in [0.05, 0.1) is 10.6 Å². The van der Waals surface area contributed by atoms with E-state index in [-0.39, 0.29) is 5.25 Å². The van der Waals surface area contributed by atoms with Crippen molar-refractivity contribution in [1.82, 2.24) is 9.97 Å². The minimum absolute atomic E-state index is 0.0572. The Bertz CT molecular complexity index is 336. The summed E-state index contributed by atoms with van der Waals surface area (Å²) in [4.78, 5) is 8.11. The minimum Gasteiger partial charge on any atom is -0.392 e. The van der Waals surface area contributed by atoms with Crippen LogP contribution in [0.15, 0.2) is 15.7 Å². The van der Waals surface area contributed by atoms with Crippen LogP contribution in [0.2, 0.25) is 0 Å². The highest BCUT2D eigenvalue weighted by molar-refractivity contribution is 9.10. The third-order valence-electron chi connectivity index (χ3n) is 1.82. The molecule has 2 atom stereocenters. The summed E-state index contributed by atoms with van der Waals surface area (Å²) < 4.78 is 0.791. The zero-order valence-electron chi connectivity index (χ0n) is 8.44. The van der Waals surface area contributed by atoms with E-state index in [4.69, 9.17) is 5.84 Å². The first-order valence-electron chi connectivity index (χ1n) is 4.38. The van der Waals surface area contributed by atoms with Gasteiger partial charge in [0.2, 0.25) is 5.95 Å². The van der Waals surface area contributed by atoms with E-state index in [0.717, 1.165) is 9.50 Å². The molecule has 1 aromatic rings. The van der Waals surface area contributed by atoms with E-state index in [2.05, 4.69) is 31.3 Å². The van der Waals surface area contributed by atoms with Gasteiger partial charge in [0.1, 0.15) is 5.03 Å². The van der Waals surface area contributed by atoms with Crippen LogP contribution >= 0.6 is 27.7 Å². The number of halogens is 1. The van der Waals surface area contributed by atoms with Crippen LogP contribution in [0.5, 0.6) is 0 Å². The number of thioether (sulfide) groups is 1. The molecule has 0 fully saturated rings. The summed E-state index contributed by atoms with van der Waals surface area (Å²) in [5, 5.41) is 10.2. The first-order valence-corrected chi connectivity index (χ1v) is 6.05. The molecule has 84 valence electrons. The Morgan fingerprint density at radius 1 is 1.60 bits per heavy atom. The van der Waals surface area contributed by atoms with E-state index in [1.807, 2.05) is 6.92 Å². The largest absolute Gasteiger partial charge is 0.392 e. The molecule has 1 aromatic heterocycles. The molecule has 0 bridgehead atoms. The van der Waals surface area contributed by atoms with E-state index in [1.54, 1.807) is 13.1 Å². The van der Waals surface area contributed by atoms with Crippen LogP contribution < -0.4 is 11.3 Å². The molecule has 4 N–H and O–H groups in total. The van der Waals surface area contributed by atoms with Crippen LogP contribution in [-0.2, 0) is 0 Å². The number of hydrazine groups is 1. The molecule has 0 amide bonds. The smallest absolute Gasteiger partial charge is 0.238 e. The maximum absolute atomic E-state index is 9.38. The lowest BCUT2D eigenvalue weighted by molar-refractivity contribution is 0.196. The summed E-state index contributed by atoms with van der Waals surface area (Å²) in [5.74, 6) is 5.57. The molecular formula is C8H13BrN4OS. The molecule has 1 heterocycles. The molecule has 5 nitrogen and oxygen atoms in total. The van der Waals surface area contributed by atoms with Gasteiger partial charge in [-0.15, -0.1) is 0 Å². The van der Waals surface area contributed by atoms with Crippen LogP contribution in [0, 0.1) is 0 Å². The number of hydrogen-bond donors (Lipinski definition) is 3. The number of nitrogen functional groups attached to an aromatic ring is 1. The summed E-state index contributed by atoms with van der Waals surface area (Å²) >= 11 is 4.81. The van der Waals surface area contributed by atoms with Gasteiger partial charge in [0.25, 0.3) is 0 Å². The van der Waals surface area contributed by atoms with Gasteiger partial charge in [-0.3, -0.25) is 5.43 Å². The number of rotatable bonds is 4. The predicted octanol–water partition coefficient (Wildman–Crippen LogP) is 1.39. The predicted molar refractivity (Wildman–Crippen MR) is 64.5 cm³/mol. The summed E-state index contributed by atoms with van der Waals surface area (Å²) in [6.07, 6.45) is 1.23. The standard InChI is InChI=1S/C8H13BrN4OS/c1-4(14)5(2)15-7-6(9)3-11-8(12-7)13-10/h3-5,14H,10H2,1-2H3,(H,11,12,13). The molecule has 0 saturated carbocycles. The van der Waals surface area contributed by atoms with Gasteiger partial charge < -0.3 is 5.11 Å². The second-order valence-electron chi connectivity index (χ2n) is 3.05. The molecule has 0 aliphatic heterocycles. The number of aliphatic hydroxyl groups excluding tert-OH is 1. The Morgan fingerprint density at radius 3 is 2.80 bits per heavy atom. The monoisotopic (exact) mass is 292 g/mol. The number of aliphatic hydroxyl groups is 1. The highest BCUT2D eigenvalue weighted by Crippen LogP contribution is 2.30. The van der Waals surface area contributed by atoms with Gasteiger partial charge in [-0.2, -0.15) is 0 Å². The Morgan fingerprint density at radius 2 is 2.27 bits per heavy atom. The van der Waals surface area contributed by atoms with Crippen molar-refractivity contribution >= 4 is 33.6 Å². The van der Waals surface area contributed by atoms with Crippen LogP contribution in [-0.4, -0.2) is 26.4 Å². The number of nitrogens with two attached hydrogens (primary N) is 1. The third-order valence-corrected chi connectivity index (χ3v) is 3.96. The molecule has 0 aliphatic carbocycles. The normalized spacial score (nSPS) is 14.7. The third kappa shape index (κ3) is 3.60. The van der Waals surface area contributed by atoms with E-state index in [1.165, 1.54) is 11.8 Å². The number of aromatic nitrogens is 2. The first-order chi connectivity index (χ1) is 7.04. The Balaban J connectivity index is 2.83. The van der Waals surface area contributed by atoms with Crippen LogP contribution in [0.25, 0.3) is 0 Å².